The molecular weight excluding hydrogens is 198 g/mol. The molecule has 0 aliphatic carbocycles. The topological polar surface area (TPSA) is 102 Å². The van der Waals surface area contributed by atoms with Gasteiger partial charge >= 0.3 is 5.97 Å². The Labute approximate surface area is 87.5 Å². The van der Waals surface area contributed by atoms with Crippen molar-refractivity contribution >= 4 is 5.97 Å². The van der Waals surface area contributed by atoms with Crippen molar-refractivity contribution in [2.24, 2.45) is 11.7 Å². The number of rotatable bonds is 5. The van der Waals surface area contributed by atoms with Crippen LogP contribution < -0.4 is 5.73 Å². The van der Waals surface area contributed by atoms with E-state index >= 15 is 0 Å². The van der Waals surface area contributed by atoms with Gasteiger partial charge in [0.25, 0.3) is 5.82 Å². The van der Waals surface area contributed by atoms with Crippen molar-refractivity contribution in [1.29, 1.82) is 0 Å². The minimum atomic E-state index is -1.19. The number of nitrogens with zero attached hydrogens (tertiary/aromatic N) is 2. The van der Waals surface area contributed by atoms with Crippen LogP contribution in [-0.4, -0.2) is 27.8 Å². The number of nitrogens with two attached hydrogens (primary N) is 1. The molecule has 1 aromatic heterocycles. The summed E-state index contributed by atoms with van der Waals surface area (Å²) in [5, 5.41) is 12.0. The number of hydrogen-bond acceptors (Lipinski definition) is 5. The predicted octanol–water partition coefficient (Wildman–Crippen LogP) is 0.856. The van der Waals surface area contributed by atoms with E-state index in [2.05, 4.69) is 24.0 Å². The summed E-state index contributed by atoms with van der Waals surface area (Å²) >= 11 is 0. The maximum atomic E-state index is 10.5. The van der Waals surface area contributed by atoms with E-state index in [0.717, 1.165) is 6.42 Å². The van der Waals surface area contributed by atoms with Gasteiger partial charge in [-0.3, -0.25) is 0 Å². The molecule has 0 aliphatic rings. The average molecular weight is 213 g/mol. The fraction of sp³-hybridized carbons (Fsp3) is 0.667. The fourth-order valence-electron chi connectivity index (χ4n) is 1.35. The monoisotopic (exact) mass is 213 g/mol. The van der Waals surface area contributed by atoms with Gasteiger partial charge in [0.15, 0.2) is 0 Å². The molecule has 0 aromatic carbocycles. The number of aromatic nitrogens is 2. The lowest BCUT2D eigenvalue weighted by molar-refractivity contribution is 0.0680. The number of aromatic carboxylic acids is 1. The first kappa shape index (κ1) is 11.6. The third-order valence-corrected chi connectivity index (χ3v) is 2.02. The van der Waals surface area contributed by atoms with Crippen LogP contribution >= 0.6 is 0 Å². The highest BCUT2D eigenvalue weighted by atomic mass is 16.5. The first-order chi connectivity index (χ1) is 7.04. The van der Waals surface area contributed by atoms with Gasteiger partial charge in [-0.25, -0.2) is 4.79 Å². The van der Waals surface area contributed by atoms with Gasteiger partial charge in [0.1, 0.15) is 0 Å². The number of carboxylic acid groups (broad SMARTS) is 1. The third-order valence-electron chi connectivity index (χ3n) is 2.02. The average Bonchev–Trinajstić information content (AvgIpc) is 2.62. The molecule has 1 unspecified atom stereocenters. The summed E-state index contributed by atoms with van der Waals surface area (Å²) in [5.41, 5.74) is 5.56. The molecular formula is C9H15N3O3. The van der Waals surface area contributed by atoms with E-state index in [-0.39, 0.29) is 11.7 Å². The molecule has 1 rings (SSSR count). The Morgan fingerprint density at radius 3 is 2.67 bits per heavy atom. The summed E-state index contributed by atoms with van der Waals surface area (Å²) in [4.78, 5) is 14.3. The molecule has 15 heavy (non-hydrogen) atoms. The van der Waals surface area contributed by atoms with Crippen LogP contribution in [0, 0.1) is 5.92 Å². The molecule has 0 fully saturated rings. The molecule has 0 saturated heterocycles. The predicted molar refractivity (Wildman–Crippen MR) is 52.5 cm³/mol. The lowest BCUT2D eigenvalue weighted by Gasteiger charge is -2.11. The zero-order valence-electron chi connectivity index (χ0n) is 8.80. The SMILES string of the molecule is CC(C)CC(CN)c1nc(C(=O)O)no1. The van der Waals surface area contributed by atoms with E-state index in [9.17, 15) is 4.79 Å². The lowest BCUT2D eigenvalue weighted by Crippen LogP contribution is -2.15. The van der Waals surface area contributed by atoms with Gasteiger partial charge in [-0.1, -0.05) is 13.8 Å². The number of hydrogen-bond donors (Lipinski definition) is 2. The fourth-order valence-corrected chi connectivity index (χ4v) is 1.35. The first-order valence-electron chi connectivity index (χ1n) is 4.81. The molecule has 6 heteroatoms. The van der Waals surface area contributed by atoms with E-state index in [4.69, 9.17) is 15.4 Å². The molecule has 0 aliphatic heterocycles. The van der Waals surface area contributed by atoms with Gasteiger partial charge in [0.05, 0.1) is 5.92 Å². The molecule has 0 bridgehead atoms. The Hall–Kier alpha value is -1.43. The van der Waals surface area contributed by atoms with Crippen molar-refractivity contribution in [3.05, 3.63) is 11.7 Å². The Kier molecular flexibility index (Phi) is 3.79. The number of carboxylic acids is 1. The van der Waals surface area contributed by atoms with Crippen molar-refractivity contribution < 1.29 is 14.4 Å². The van der Waals surface area contributed by atoms with Crippen LogP contribution in [-0.2, 0) is 0 Å². The van der Waals surface area contributed by atoms with Crippen LogP contribution in [0.1, 0.15) is 42.7 Å². The second-order valence-electron chi connectivity index (χ2n) is 3.82. The Morgan fingerprint density at radius 1 is 1.60 bits per heavy atom. The minimum absolute atomic E-state index is 0.0643. The summed E-state index contributed by atoms with van der Waals surface area (Å²) in [5.74, 6) is -0.814. The Bertz CT molecular complexity index is 335. The van der Waals surface area contributed by atoms with Crippen LogP contribution in [0.25, 0.3) is 0 Å². The van der Waals surface area contributed by atoms with E-state index in [1.807, 2.05) is 0 Å². The molecule has 0 saturated carbocycles. The van der Waals surface area contributed by atoms with Gasteiger partial charge in [-0.15, -0.1) is 0 Å². The molecule has 6 nitrogen and oxygen atoms in total. The third kappa shape index (κ3) is 3.02. The van der Waals surface area contributed by atoms with Crippen LogP contribution in [0.5, 0.6) is 0 Å². The largest absolute Gasteiger partial charge is 0.475 e. The van der Waals surface area contributed by atoms with Gasteiger partial charge in [0.2, 0.25) is 5.89 Å². The van der Waals surface area contributed by atoms with Crippen molar-refractivity contribution in [2.75, 3.05) is 6.54 Å². The molecule has 0 amide bonds. The second kappa shape index (κ2) is 4.88. The maximum Gasteiger partial charge on any atom is 0.377 e. The van der Waals surface area contributed by atoms with Crippen molar-refractivity contribution in [3.8, 4) is 0 Å². The summed E-state index contributed by atoms with van der Waals surface area (Å²) in [6, 6.07) is 0. The van der Waals surface area contributed by atoms with Gasteiger partial charge in [-0.05, 0) is 17.5 Å². The normalized spacial score (nSPS) is 13.1. The standard InChI is InChI=1S/C9H15N3O3/c1-5(2)3-6(4-10)8-11-7(9(13)14)12-15-8/h5-6H,3-4,10H2,1-2H3,(H,13,14). The molecule has 0 spiro atoms. The minimum Gasteiger partial charge on any atom is -0.475 e. The smallest absolute Gasteiger partial charge is 0.377 e. The van der Waals surface area contributed by atoms with E-state index in [0.29, 0.717) is 18.4 Å². The molecule has 84 valence electrons. The highest BCUT2D eigenvalue weighted by Crippen LogP contribution is 2.20. The van der Waals surface area contributed by atoms with Crippen LogP contribution in [0.15, 0.2) is 4.52 Å². The maximum absolute atomic E-state index is 10.5. The van der Waals surface area contributed by atoms with Gasteiger partial charge in [-0.2, -0.15) is 4.98 Å². The molecule has 1 heterocycles. The highest BCUT2D eigenvalue weighted by Gasteiger charge is 2.21. The molecule has 3 N–H and O–H groups in total. The highest BCUT2D eigenvalue weighted by molar-refractivity contribution is 5.82. The first-order valence-corrected chi connectivity index (χ1v) is 4.81. The molecule has 1 atom stereocenters. The van der Waals surface area contributed by atoms with E-state index in [1.54, 1.807) is 0 Å². The second-order valence-corrected chi connectivity index (χ2v) is 3.82. The van der Waals surface area contributed by atoms with Crippen LogP contribution in [0.4, 0.5) is 0 Å². The van der Waals surface area contributed by atoms with Crippen LogP contribution in [0.3, 0.4) is 0 Å². The summed E-state index contributed by atoms with van der Waals surface area (Å²) in [6.45, 7) is 4.48. The Balaban J connectivity index is 2.78. The molecule has 0 radical (unpaired) electrons. The zero-order chi connectivity index (χ0) is 11.4. The van der Waals surface area contributed by atoms with Gasteiger partial charge < -0.3 is 15.4 Å². The molecule has 1 aromatic rings. The van der Waals surface area contributed by atoms with Crippen molar-refractivity contribution in [2.45, 2.75) is 26.2 Å². The number of carbonyl (C=O) groups is 1. The summed E-state index contributed by atoms with van der Waals surface area (Å²) in [6.07, 6.45) is 0.803. The van der Waals surface area contributed by atoms with E-state index < -0.39 is 5.97 Å². The zero-order valence-corrected chi connectivity index (χ0v) is 8.80. The Morgan fingerprint density at radius 2 is 2.27 bits per heavy atom. The van der Waals surface area contributed by atoms with Gasteiger partial charge in [0, 0.05) is 6.54 Å². The summed E-state index contributed by atoms with van der Waals surface area (Å²) < 4.78 is 4.86. The summed E-state index contributed by atoms with van der Waals surface area (Å²) in [7, 11) is 0. The van der Waals surface area contributed by atoms with Crippen molar-refractivity contribution in [3.63, 3.8) is 0 Å². The van der Waals surface area contributed by atoms with E-state index in [1.165, 1.54) is 0 Å². The lowest BCUT2D eigenvalue weighted by atomic mass is 9.97. The van der Waals surface area contributed by atoms with Crippen molar-refractivity contribution in [1.82, 2.24) is 10.1 Å². The van der Waals surface area contributed by atoms with Crippen LogP contribution in [0.2, 0.25) is 0 Å². The quantitative estimate of drug-likeness (QED) is 0.751.